The summed E-state index contributed by atoms with van der Waals surface area (Å²) in [7, 11) is 0. The number of aromatic nitrogens is 4. The van der Waals surface area contributed by atoms with Crippen LogP contribution < -0.4 is 5.32 Å². The molecular formula is C15H21N5O. The summed E-state index contributed by atoms with van der Waals surface area (Å²) in [6.45, 7) is 6.58. The van der Waals surface area contributed by atoms with Crippen molar-refractivity contribution < 1.29 is 4.79 Å². The quantitative estimate of drug-likeness (QED) is 0.881. The van der Waals surface area contributed by atoms with E-state index in [0.717, 1.165) is 24.1 Å². The second kappa shape index (κ2) is 6.97. The van der Waals surface area contributed by atoms with E-state index in [1.807, 2.05) is 30.9 Å². The van der Waals surface area contributed by atoms with Gasteiger partial charge in [0.1, 0.15) is 6.33 Å². The van der Waals surface area contributed by atoms with Crippen molar-refractivity contribution in [3.8, 4) is 0 Å². The van der Waals surface area contributed by atoms with Gasteiger partial charge in [-0.15, -0.1) is 0 Å². The van der Waals surface area contributed by atoms with E-state index in [9.17, 15) is 4.79 Å². The molecule has 0 saturated heterocycles. The molecule has 0 aliphatic heterocycles. The Morgan fingerprint density at radius 1 is 1.43 bits per heavy atom. The molecule has 6 nitrogen and oxygen atoms in total. The van der Waals surface area contributed by atoms with Crippen molar-refractivity contribution in [1.82, 2.24) is 25.1 Å². The molecule has 0 spiro atoms. The number of rotatable bonds is 6. The van der Waals surface area contributed by atoms with Crippen LogP contribution in [0.4, 0.5) is 0 Å². The van der Waals surface area contributed by atoms with Crippen LogP contribution in [0.15, 0.2) is 24.9 Å². The number of carbonyl (C=O) groups excluding carboxylic acids is 1. The average molecular weight is 287 g/mol. The van der Waals surface area contributed by atoms with Crippen molar-refractivity contribution in [1.29, 1.82) is 0 Å². The summed E-state index contributed by atoms with van der Waals surface area (Å²) in [6.07, 6.45) is 8.56. The lowest BCUT2D eigenvalue weighted by molar-refractivity contribution is 0.0946. The fraction of sp³-hybridized carbons (Fsp3) is 0.467. The molecule has 2 heterocycles. The van der Waals surface area contributed by atoms with Gasteiger partial charge in [0.15, 0.2) is 0 Å². The second-order valence-corrected chi connectivity index (χ2v) is 5.19. The third kappa shape index (κ3) is 3.87. The van der Waals surface area contributed by atoms with Gasteiger partial charge in [-0.25, -0.2) is 9.97 Å². The van der Waals surface area contributed by atoms with Crippen LogP contribution in [-0.4, -0.2) is 32.2 Å². The van der Waals surface area contributed by atoms with Gasteiger partial charge in [0.2, 0.25) is 0 Å². The molecule has 112 valence electrons. The number of amides is 1. The Balaban J connectivity index is 1.98. The molecule has 0 unspecified atom stereocenters. The maximum Gasteiger partial charge on any atom is 0.254 e. The number of hydrogen-bond donors (Lipinski definition) is 1. The fourth-order valence-electron chi connectivity index (χ4n) is 2.08. The third-order valence-electron chi connectivity index (χ3n) is 3.27. The first-order valence-corrected chi connectivity index (χ1v) is 7.19. The second-order valence-electron chi connectivity index (χ2n) is 5.19. The molecule has 0 aromatic carbocycles. The molecule has 21 heavy (non-hydrogen) atoms. The number of nitrogens with zero attached hydrogens (tertiary/aromatic N) is 4. The van der Waals surface area contributed by atoms with Gasteiger partial charge in [-0.3, -0.25) is 9.48 Å². The van der Waals surface area contributed by atoms with Gasteiger partial charge in [-0.05, 0) is 25.8 Å². The van der Waals surface area contributed by atoms with Crippen molar-refractivity contribution >= 4 is 5.91 Å². The minimum Gasteiger partial charge on any atom is -0.350 e. The van der Waals surface area contributed by atoms with Crippen LogP contribution in [0, 0.1) is 6.92 Å². The molecule has 0 saturated carbocycles. The summed E-state index contributed by atoms with van der Waals surface area (Å²) in [5.74, 6) is -0.130. The van der Waals surface area contributed by atoms with E-state index >= 15 is 0 Å². The van der Waals surface area contributed by atoms with Gasteiger partial charge in [-0.2, -0.15) is 5.10 Å². The summed E-state index contributed by atoms with van der Waals surface area (Å²) < 4.78 is 1.85. The maximum absolute atomic E-state index is 12.3. The standard InChI is InChI=1S/C15H21N5O/c1-4-5-14-13(8-16-10-18-14)15(21)17-7-12(3)20-9-11(2)6-19-20/h6,8-10,12H,4-5,7H2,1-3H3,(H,17,21)/t12-/m0/s1. The predicted octanol–water partition coefficient (Wildman–Crippen LogP) is 1.93. The Morgan fingerprint density at radius 2 is 2.24 bits per heavy atom. The lowest BCUT2D eigenvalue weighted by Gasteiger charge is -2.14. The van der Waals surface area contributed by atoms with Crippen molar-refractivity contribution in [3.05, 3.63) is 41.7 Å². The van der Waals surface area contributed by atoms with Gasteiger partial charge in [0.05, 0.1) is 23.5 Å². The van der Waals surface area contributed by atoms with Crippen LogP contribution in [0.1, 0.15) is 47.9 Å². The van der Waals surface area contributed by atoms with E-state index in [-0.39, 0.29) is 11.9 Å². The Bertz CT molecular complexity index is 608. The van der Waals surface area contributed by atoms with Crippen LogP contribution in [0.5, 0.6) is 0 Å². The van der Waals surface area contributed by atoms with Crippen LogP contribution in [0.3, 0.4) is 0 Å². The molecule has 2 rings (SSSR count). The van der Waals surface area contributed by atoms with E-state index in [0.29, 0.717) is 12.1 Å². The predicted molar refractivity (Wildman–Crippen MR) is 80.0 cm³/mol. The highest BCUT2D eigenvalue weighted by molar-refractivity contribution is 5.94. The number of aryl methyl sites for hydroxylation is 2. The summed E-state index contributed by atoms with van der Waals surface area (Å²) >= 11 is 0. The normalized spacial score (nSPS) is 12.1. The number of carbonyl (C=O) groups is 1. The topological polar surface area (TPSA) is 72.7 Å². The molecule has 0 aliphatic carbocycles. The monoisotopic (exact) mass is 287 g/mol. The van der Waals surface area contributed by atoms with Crippen LogP contribution in [-0.2, 0) is 6.42 Å². The maximum atomic E-state index is 12.3. The fourth-order valence-corrected chi connectivity index (χ4v) is 2.08. The zero-order valence-electron chi connectivity index (χ0n) is 12.7. The van der Waals surface area contributed by atoms with Crippen molar-refractivity contribution in [2.45, 2.75) is 39.7 Å². The third-order valence-corrected chi connectivity index (χ3v) is 3.27. The van der Waals surface area contributed by atoms with Crippen molar-refractivity contribution in [2.75, 3.05) is 6.54 Å². The van der Waals surface area contributed by atoms with Crippen LogP contribution >= 0.6 is 0 Å². The minimum absolute atomic E-state index is 0.0990. The van der Waals surface area contributed by atoms with Crippen molar-refractivity contribution in [2.24, 2.45) is 0 Å². The van der Waals surface area contributed by atoms with E-state index in [2.05, 4.69) is 27.3 Å². The first-order valence-electron chi connectivity index (χ1n) is 7.19. The molecule has 2 aromatic rings. The number of hydrogen-bond acceptors (Lipinski definition) is 4. The molecule has 0 bridgehead atoms. The Hall–Kier alpha value is -2.24. The zero-order valence-corrected chi connectivity index (χ0v) is 12.7. The van der Waals surface area contributed by atoms with Gasteiger partial charge < -0.3 is 5.32 Å². The van der Waals surface area contributed by atoms with Crippen molar-refractivity contribution in [3.63, 3.8) is 0 Å². The highest BCUT2D eigenvalue weighted by Gasteiger charge is 2.14. The van der Waals surface area contributed by atoms with E-state index in [1.54, 1.807) is 6.20 Å². The van der Waals surface area contributed by atoms with E-state index in [1.165, 1.54) is 6.33 Å². The summed E-state index contributed by atoms with van der Waals surface area (Å²) in [4.78, 5) is 20.4. The molecule has 2 aromatic heterocycles. The molecule has 1 N–H and O–H groups in total. The molecule has 6 heteroatoms. The lowest BCUT2D eigenvalue weighted by Crippen LogP contribution is -2.30. The summed E-state index contributed by atoms with van der Waals surface area (Å²) in [6, 6.07) is 0.0990. The van der Waals surface area contributed by atoms with Gasteiger partial charge in [-0.1, -0.05) is 13.3 Å². The molecule has 1 amide bonds. The highest BCUT2D eigenvalue weighted by Crippen LogP contribution is 2.08. The SMILES string of the molecule is CCCc1ncncc1C(=O)NC[C@H](C)n1cc(C)cn1. The Kier molecular flexibility index (Phi) is 5.03. The van der Waals surface area contributed by atoms with Gasteiger partial charge in [0.25, 0.3) is 5.91 Å². The van der Waals surface area contributed by atoms with Gasteiger partial charge in [0, 0.05) is 18.9 Å². The first kappa shape index (κ1) is 15.2. The highest BCUT2D eigenvalue weighted by atomic mass is 16.1. The Morgan fingerprint density at radius 3 is 2.90 bits per heavy atom. The van der Waals surface area contributed by atoms with E-state index in [4.69, 9.17) is 0 Å². The smallest absolute Gasteiger partial charge is 0.254 e. The molecular weight excluding hydrogens is 266 g/mol. The minimum atomic E-state index is -0.130. The lowest BCUT2D eigenvalue weighted by atomic mass is 10.1. The van der Waals surface area contributed by atoms with Gasteiger partial charge >= 0.3 is 0 Å². The molecule has 0 aliphatic rings. The summed E-state index contributed by atoms with van der Waals surface area (Å²) in [5.41, 5.74) is 2.46. The molecule has 0 fully saturated rings. The first-order chi connectivity index (χ1) is 10.1. The summed E-state index contributed by atoms with van der Waals surface area (Å²) in [5, 5.41) is 7.18. The van der Waals surface area contributed by atoms with E-state index < -0.39 is 0 Å². The largest absolute Gasteiger partial charge is 0.350 e. The zero-order chi connectivity index (χ0) is 15.2. The molecule has 0 radical (unpaired) electrons. The van der Waals surface area contributed by atoms with Crippen LogP contribution in [0.25, 0.3) is 0 Å². The average Bonchev–Trinajstić information content (AvgIpc) is 2.92. The number of nitrogens with one attached hydrogen (secondary N) is 1. The Labute approximate surface area is 124 Å². The van der Waals surface area contributed by atoms with Crippen LogP contribution in [0.2, 0.25) is 0 Å². The molecule has 1 atom stereocenters.